The molecule has 0 unspecified atom stereocenters. The number of carbonyl (C=O) groups excluding carboxylic acids is 3. The summed E-state index contributed by atoms with van der Waals surface area (Å²) in [4.78, 5) is 44.6. The van der Waals surface area contributed by atoms with Gasteiger partial charge in [0.2, 0.25) is 11.8 Å². The van der Waals surface area contributed by atoms with Crippen molar-refractivity contribution in [1.29, 1.82) is 0 Å². The van der Waals surface area contributed by atoms with Crippen LogP contribution in [0.25, 0.3) is 0 Å². The lowest BCUT2D eigenvalue weighted by molar-refractivity contribution is -0.132. The normalized spacial score (nSPS) is 20.7. The maximum Gasteiger partial charge on any atom is 0.252 e. The first-order valence-corrected chi connectivity index (χ1v) is 16.5. The third-order valence-electron chi connectivity index (χ3n) is 8.94. The molecule has 3 amide bonds. The first-order chi connectivity index (χ1) is 20.4. The number of nitrogens with zero attached hydrogens (tertiary/aromatic N) is 3. The number of amides is 3. The Balaban J connectivity index is 1.33. The number of rotatable bonds is 15. The van der Waals surface area contributed by atoms with Crippen molar-refractivity contribution < 1.29 is 19.1 Å². The van der Waals surface area contributed by atoms with E-state index in [1.54, 1.807) is 0 Å². The maximum absolute atomic E-state index is 13.7. The van der Waals surface area contributed by atoms with Crippen molar-refractivity contribution in [2.45, 2.75) is 102 Å². The predicted molar refractivity (Wildman–Crippen MR) is 169 cm³/mol. The molecule has 3 N–H and O–H groups in total. The molecule has 2 saturated heterocycles. The van der Waals surface area contributed by atoms with Crippen LogP contribution in [0.3, 0.4) is 0 Å². The first-order valence-electron chi connectivity index (χ1n) is 16.1. The van der Waals surface area contributed by atoms with Crippen LogP contribution < -0.4 is 15.8 Å². The SMILES string of the molecule is CCCCCCOc1ccc(NC(=O)C[C@@H]2C(=O)N(C3CCCCC3)C(=S)N2CCCN2CCC(C(N)=O)CC2)cc1. The fraction of sp³-hybridized carbons (Fsp3) is 0.688. The highest BCUT2D eigenvalue weighted by molar-refractivity contribution is 7.80. The Morgan fingerprint density at radius 1 is 0.976 bits per heavy atom. The molecule has 1 aromatic rings. The van der Waals surface area contributed by atoms with Gasteiger partial charge >= 0.3 is 0 Å². The fourth-order valence-electron chi connectivity index (χ4n) is 6.43. The van der Waals surface area contributed by atoms with Gasteiger partial charge in [-0.1, -0.05) is 45.4 Å². The molecule has 4 rings (SSSR count). The Kier molecular flexibility index (Phi) is 12.4. The molecule has 10 heteroatoms. The summed E-state index contributed by atoms with van der Waals surface area (Å²) >= 11 is 5.89. The molecule has 1 aromatic carbocycles. The van der Waals surface area contributed by atoms with Gasteiger partial charge in [0.05, 0.1) is 13.0 Å². The van der Waals surface area contributed by atoms with Crippen LogP contribution in [0.15, 0.2) is 24.3 Å². The smallest absolute Gasteiger partial charge is 0.252 e. The minimum absolute atomic E-state index is 0.0312. The molecular formula is C32H49N5O4S. The second-order valence-corrected chi connectivity index (χ2v) is 12.4. The summed E-state index contributed by atoms with van der Waals surface area (Å²) in [5, 5.41) is 3.54. The first kappa shape index (κ1) is 32.2. The van der Waals surface area contributed by atoms with Crippen LogP contribution in [0, 0.1) is 5.92 Å². The molecule has 1 saturated carbocycles. The van der Waals surface area contributed by atoms with Gasteiger partial charge in [-0.2, -0.15) is 0 Å². The van der Waals surface area contributed by atoms with Gasteiger partial charge in [0.25, 0.3) is 5.91 Å². The van der Waals surface area contributed by atoms with E-state index in [0.29, 0.717) is 24.0 Å². The van der Waals surface area contributed by atoms with Gasteiger partial charge in [-0.15, -0.1) is 0 Å². The molecule has 2 heterocycles. The Morgan fingerprint density at radius 3 is 2.36 bits per heavy atom. The summed E-state index contributed by atoms with van der Waals surface area (Å²) in [6, 6.07) is 6.95. The zero-order chi connectivity index (χ0) is 29.9. The zero-order valence-electron chi connectivity index (χ0n) is 25.2. The van der Waals surface area contributed by atoms with Crippen molar-refractivity contribution >= 4 is 40.7 Å². The summed E-state index contributed by atoms with van der Waals surface area (Å²) in [6.45, 7) is 6.04. The van der Waals surface area contributed by atoms with Crippen molar-refractivity contribution in [3.05, 3.63) is 24.3 Å². The number of anilines is 1. The zero-order valence-corrected chi connectivity index (χ0v) is 26.0. The van der Waals surface area contributed by atoms with E-state index in [1.165, 1.54) is 25.7 Å². The molecule has 3 fully saturated rings. The van der Waals surface area contributed by atoms with Crippen molar-refractivity contribution in [1.82, 2.24) is 14.7 Å². The number of benzene rings is 1. The second kappa shape index (κ2) is 16.2. The number of ether oxygens (including phenoxy) is 1. The molecule has 1 aliphatic carbocycles. The number of unbranched alkanes of at least 4 members (excludes halogenated alkanes) is 3. The topological polar surface area (TPSA) is 108 Å². The quantitative estimate of drug-likeness (QED) is 0.222. The lowest BCUT2D eigenvalue weighted by Crippen LogP contribution is -2.42. The molecule has 42 heavy (non-hydrogen) atoms. The largest absolute Gasteiger partial charge is 0.494 e. The van der Waals surface area contributed by atoms with E-state index < -0.39 is 6.04 Å². The minimum Gasteiger partial charge on any atom is -0.494 e. The number of likely N-dealkylation sites (tertiary alicyclic amines) is 1. The van der Waals surface area contributed by atoms with Gasteiger partial charge in [0.1, 0.15) is 11.8 Å². The van der Waals surface area contributed by atoms with Crippen molar-refractivity contribution in [2.24, 2.45) is 11.7 Å². The molecule has 9 nitrogen and oxygen atoms in total. The second-order valence-electron chi connectivity index (χ2n) is 12.0. The third-order valence-corrected chi connectivity index (χ3v) is 9.37. The van der Waals surface area contributed by atoms with Crippen LogP contribution >= 0.6 is 12.2 Å². The Bertz CT molecular complexity index is 1050. The van der Waals surface area contributed by atoms with Crippen molar-refractivity contribution in [3.8, 4) is 5.75 Å². The highest BCUT2D eigenvalue weighted by Gasteiger charge is 2.46. The van der Waals surface area contributed by atoms with E-state index in [0.717, 1.165) is 76.8 Å². The number of carbonyl (C=O) groups is 3. The minimum atomic E-state index is -0.592. The number of nitrogens with one attached hydrogen (secondary N) is 1. The number of nitrogens with two attached hydrogens (primary N) is 1. The molecule has 232 valence electrons. The van der Waals surface area contributed by atoms with Gasteiger partial charge < -0.3 is 25.6 Å². The molecule has 0 aromatic heterocycles. The van der Waals surface area contributed by atoms with E-state index in [4.69, 9.17) is 22.7 Å². The lowest BCUT2D eigenvalue weighted by Gasteiger charge is -2.32. The van der Waals surface area contributed by atoms with E-state index in [1.807, 2.05) is 34.1 Å². The number of hydrogen-bond acceptors (Lipinski definition) is 6. The maximum atomic E-state index is 13.7. The summed E-state index contributed by atoms with van der Waals surface area (Å²) < 4.78 is 5.82. The van der Waals surface area contributed by atoms with E-state index in [9.17, 15) is 14.4 Å². The lowest BCUT2D eigenvalue weighted by atomic mass is 9.94. The van der Waals surface area contributed by atoms with Crippen LogP contribution in [0.1, 0.15) is 90.4 Å². The van der Waals surface area contributed by atoms with Crippen molar-refractivity contribution in [2.75, 3.05) is 38.1 Å². The molecule has 0 radical (unpaired) electrons. The van der Waals surface area contributed by atoms with Crippen LogP contribution in [-0.2, 0) is 14.4 Å². The standard InChI is InChI=1S/C32H49N5O4S/c1-2-3-4-8-22-41-27-14-12-25(13-15-27)34-29(38)23-28-31(40)37(26-10-6-5-7-11-26)32(42)36(28)19-9-18-35-20-16-24(17-21-35)30(33)39/h12-15,24,26,28H,2-11,16-23H2,1H3,(H2,33,39)(H,34,38)/t28-/m1/s1. The number of hydrogen-bond donors (Lipinski definition) is 2. The molecular weight excluding hydrogens is 550 g/mol. The summed E-state index contributed by atoms with van der Waals surface area (Å²) in [6.07, 6.45) is 12.4. The number of piperidine rings is 1. The van der Waals surface area contributed by atoms with Crippen LogP contribution in [0.5, 0.6) is 5.75 Å². The molecule has 2 aliphatic heterocycles. The van der Waals surface area contributed by atoms with Crippen LogP contribution in [-0.4, -0.2) is 82.4 Å². The summed E-state index contributed by atoms with van der Waals surface area (Å²) in [5.74, 6) is 0.302. The van der Waals surface area contributed by atoms with Crippen LogP contribution in [0.4, 0.5) is 5.69 Å². The van der Waals surface area contributed by atoms with Crippen LogP contribution in [0.2, 0.25) is 0 Å². The summed E-state index contributed by atoms with van der Waals surface area (Å²) in [5.41, 5.74) is 6.17. The van der Waals surface area contributed by atoms with E-state index in [-0.39, 0.29) is 36.1 Å². The highest BCUT2D eigenvalue weighted by atomic mass is 32.1. The monoisotopic (exact) mass is 599 g/mol. The number of thiocarbonyl (C=S) groups is 1. The Hall–Kier alpha value is -2.72. The molecule has 1 atom stereocenters. The Labute approximate surface area is 256 Å². The average molecular weight is 600 g/mol. The van der Waals surface area contributed by atoms with Gasteiger partial charge in [0, 0.05) is 24.2 Å². The Morgan fingerprint density at radius 2 is 1.69 bits per heavy atom. The van der Waals surface area contributed by atoms with Crippen molar-refractivity contribution in [3.63, 3.8) is 0 Å². The molecule has 0 bridgehead atoms. The molecule has 0 spiro atoms. The van der Waals surface area contributed by atoms with Gasteiger partial charge in [-0.25, -0.2) is 0 Å². The van der Waals surface area contributed by atoms with E-state index >= 15 is 0 Å². The van der Waals surface area contributed by atoms with E-state index in [2.05, 4.69) is 17.1 Å². The summed E-state index contributed by atoms with van der Waals surface area (Å²) in [7, 11) is 0. The molecule has 3 aliphatic rings. The van der Waals surface area contributed by atoms with Gasteiger partial charge in [0.15, 0.2) is 5.11 Å². The highest BCUT2D eigenvalue weighted by Crippen LogP contribution is 2.31. The predicted octanol–water partition coefficient (Wildman–Crippen LogP) is 4.69. The van der Waals surface area contributed by atoms with Gasteiger partial charge in [-0.3, -0.25) is 19.3 Å². The number of primary amides is 1. The van der Waals surface area contributed by atoms with Gasteiger partial charge in [-0.05, 0) is 94.6 Å². The fourth-order valence-corrected chi connectivity index (χ4v) is 6.89. The average Bonchev–Trinajstić information content (AvgIpc) is 3.22. The third kappa shape index (κ3) is 8.89.